The van der Waals surface area contributed by atoms with Crippen LogP contribution in [-0.2, 0) is 4.79 Å². The quantitative estimate of drug-likeness (QED) is 0.442. The number of hydrogen-bond donors (Lipinski definition) is 1. The molecule has 0 spiro atoms. The summed E-state index contributed by atoms with van der Waals surface area (Å²) < 4.78 is 0. The third kappa shape index (κ3) is 5.19. The molecule has 0 unspecified atom stereocenters. The molecule has 0 bridgehead atoms. The van der Waals surface area contributed by atoms with Gasteiger partial charge < -0.3 is 10.2 Å². The normalized spacial score (nSPS) is 14.4. The van der Waals surface area contributed by atoms with Crippen LogP contribution in [0.25, 0.3) is 11.3 Å². The number of benzene rings is 2. The zero-order valence-electron chi connectivity index (χ0n) is 16.5. The third-order valence-corrected chi connectivity index (χ3v) is 6.17. The molecule has 0 radical (unpaired) electrons. The summed E-state index contributed by atoms with van der Waals surface area (Å²) in [6.45, 7) is 3.12. The number of piperazine rings is 1. The Balaban J connectivity index is 1.31. The fraction of sp³-hybridized carbons (Fsp3) is 0.238. The smallest absolute Gasteiger partial charge is 0.292 e. The molecule has 1 saturated heterocycles. The van der Waals surface area contributed by atoms with Crippen LogP contribution in [0.3, 0.4) is 0 Å². The van der Waals surface area contributed by atoms with Gasteiger partial charge in [-0.25, -0.2) is 4.98 Å². The Morgan fingerprint density at radius 1 is 1.13 bits per heavy atom. The van der Waals surface area contributed by atoms with E-state index in [9.17, 15) is 14.9 Å². The van der Waals surface area contributed by atoms with Gasteiger partial charge in [0, 0.05) is 48.2 Å². The predicted octanol–water partition coefficient (Wildman–Crippen LogP) is 4.13. The maximum Gasteiger partial charge on any atom is 0.292 e. The number of thiazole rings is 1. The fourth-order valence-electron chi connectivity index (χ4n) is 3.39. The van der Waals surface area contributed by atoms with E-state index in [-0.39, 0.29) is 23.8 Å². The van der Waals surface area contributed by atoms with Crippen molar-refractivity contribution in [2.24, 2.45) is 0 Å². The highest BCUT2D eigenvalue weighted by atomic mass is 35.5. The molecule has 1 aliphatic heterocycles. The van der Waals surface area contributed by atoms with Gasteiger partial charge in [-0.05, 0) is 18.2 Å². The summed E-state index contributed by atoms with van der Waals surface area (Å²) in [6, 6.07) is 13.8. The first-order valence-corrected chi connectivity index (χ1v) is 11.0. The molecule has 1 fully saturated rings. The Hall–Kier alpha value is -3.01. The topological polar surface area (TPSA) is 91.6 Å². The fourth-order valence-corrected chi connectivity index (χ4v) is 4.41. The number of carbonyl (C=O) groups excluding carboxylic acids is 1. The Labute approximate surface area is 188 Å². The number of nitro groups is 1. The third-order valence-electron chi connectivity index (χ3n) is 5.02. The molecule has 10 heteroatoms. The lowest BCUT2D eigenvalue weighted by molar-refractivity contribution is -0.383. The molecule has 0 saturated carbocycles. The summed E-state index contributed by atoms with van der Waals surface area (Å²) in [5.74, 6) is -0.262. The van der Waals surface area contributed by atoms with Gasteiger partial charge in [0.15, 0.2) is 5.13 Å². The molecule has 4 rings (SSSR count). The van der Waals surface area contributed by atoms with Gasteiger partial charge in [-0.2, -0.15) is 0 Å². The monoisotopic (exact) mass is 457 g/mol. The van der Waals surface area contributed by atoms with Gasteiger partial charge in [-0.3, -0.25) is 19.8 Å². The van der Waals surface area contributed by atoms with Gasteiger partial charge in [0.05, 0.1) is 17.2 Å². The number of para-hydroxylation sites is 2. The number of rotatable bonds is 6. The first-order chi connectivity index (χ1) is 15.0. The Morgan fingerprint density at radius 3 is 2.55 bits per heavy atom. The molecule has 2 aromatic carbocycles. The van der Waals surface area contributed by atoms with E-state index >= 15 is 0 Å². The Morgan fingerprint density at radius 2 is 1.84 bits per heavy atom. The maximum atomic E-state index is 12.4. The summed E-state index contributed by atoms with van der Waals surface area (Å²) in [5.41, 5.74) is 2.05. The van der Waals surface area contributed by atoms with Crippen molar-refractivity contribution in [1.82, 2.24) is 9.88 Å². The van der Waals surface area contributed by atoms with E-state index in [0.717, 1.165) is 29.5 Å². The molecule has 3 aromatic rings. The summed E-state index contributed by atoms with van der Waals surface area (Å²) in [6.07, 6.45) is 0. The van der Waals surface area contributed by atoms with Crippen LogP contribution >= 0.6 is 22.9 Å². The number of aromatic nitrogens is 1. The van der Waals surface area contributed by atoms with E-state index < -0.39 is 4.92 Å². The molecule has 2 heterocycles. The summed E-state index contributed by atoms with van der Waals surface area (Å²) in [7, 11) is 0. The highest BCUT2D eigenvalue weighted by Gasteiger charge is 2.22. The van der Waals surface area contributed by atoms with Crippen molar-refractivity contribution in [2.45, 2.75) is 0 Å². The molecule has 31 heavy (non-hydrogen) atoms. The van der Waals surface area contributed by atoms with Crippen molar-refractivity contribution in [1.29, 1.82) is 0 Å². The molecule has 1 aromatic heterocycles. The minimum Gasteiger partial charge on any atom is -0.346 e. The number of carbonyl (C=O) groups is 1. The first kappa shape index (κ1) is 21.2. The van der Waals surface area contributed by atoms with Crippen LogP contribution in [0.4, 0.5) is 16.5 Å². The molecule has 160 valence electrons. The summed E-state index contributed by atoms with van der Waals surface area (Å²) >= 11 is 7.55. The molecule has 1 amide bonds. The van der Waals surface area contributed by atoms with Crippen LogP contribution in [0.2, 0.25) is 5.02 Å². The number of nitrogens with zero attached hydrogens (tertiary/aromatic N) is 4. The average Bonchev–Trinajstić information content (AvgIpc) is 3.25. The number of anilines is 2. The minimum atomic E-state index is -0.499. The van der Waals surface area contributed by atoms with Gasteiger partial charge >= 0.3 is 0 Å². The van der Waals surface area contributed by atoms with Crippen LogP contribution in [0.5, 0.6) is 0 Å². The van der Waals surface area contributed by atoms with Crippen LogP contribution in [0, 0.1) is 10.1 Å². The molecule has 0 atom stereocenters. The van der Waals surface area contributed by atoms with Crippen molar-refractivity contribution < 1.29 is 9.72 Å². The lowest BCUT2D eigenvalue weighted by Crippen LogP contribution is -2.48. The van der Waals surface area contributed by atoms with Crippen molar-refractivity contribution in [3.63, 3.8) is 0 Å². The van der Waals surface area contributed by atoms with Crippen LogP contribution in [-0.4, -0.2) is 53.4 Å². The zero-order chi connectivity index (χ0) is 21.8. The van der Waals surface area contributed by atoms with E-state index in [1.54, 1.807) is 23.5 Å². The van der Waals surface area contributed by atoms with Crippen LogP contribution in [0.15, 0.2) is 53.9 Å². The first-order valence-electron chi connectivity index (χ1n) is 9.71. The van der Waals surface area contributed by atoms with E-state index in [4.69, 9.17) is 16.6 Å². The summed E-state index contributed by atoms with van der Waals surface area (Å²) in [5, 5.41) is 17.4. The number of amides is 1. The largest absolute Gasteiger partial charge is 0.346 e. The van der Waals surface area contributed by atoms with E-state index in [1.165, 1.54) is 12.1 Å². The maximum absolute atomic E-state index is 12.4. The number of nitro benzene ring substituents is 1. The Kier molecular flexibility index (Phi) is 6.45. The van der Waals surface area contributed by atoms with Gasteiger partial charge in [-0.1, -0.05) is 35.9 Å². The second-order valence-corrected chi connectivity index (χ2v) is 8.38. The predicted molar refractivity (Wildman–Crippen MR) is 123 cm³/mol. The van der Waals surface area contributed by atoms with E-state index in [2.05, 4.69) is 10.2 Å². The van der Waals surface area contributed by atoms with Gasteiger partial charge in [0.2, 0.25) is 5.91 Å². The van der Waals surface area contributed by atoms with Crippen molar-refractivity contribution in [3.8, 4) is 11.3 Å². The number of nitrogens with one attached hydrogen (secondary N) is 1. The Bertz CT molecular complexity index is 1080. The highest BCUT2D eigenvalue weighted by molar-refractivity contribution is 7.14. The number of hydrogen-bond acceptors (Lipinski definition) is 7. The second kappa shape index (κ2) is 9.42. The zero-order valence-corrected chi connectivity index (χ0v) is 18.1. The molecular weight excluding hydrogens is 438 g/mol. The molecular formula is C21H20ClN5O3S. The molecule has 1 aliphatic rings. The van der Waals surface area contributed by atoms with Crippen molar-refractivity contribution in [3.05, 3.63) is 69.0 Å². The SMILES string of the molecule is O=C(CN1CCN(c2nc(-c3ccc(Cl)cc3)cs2)CC1)Nc1ccccc1[N+](=O)[O-]. The number of halogens is 1. The lowest BCUT2D eigenvalue weighted by atomic mass is 10.2. The highest BCUT2D eigenvalue weighted by Crippen LogP contribution is 2.29. The second-order valence-electron chi connectivity index (χ2n) is 7.11. The van der Waals surface area contributed by atoms with Crippen molar-refractivity contribution >= 4 is 45.4 Å². The minimum absolute atomic E-state index is 0.110. The van der Waals surface area contributed by atoms with E-state index in [0.29, 0.717) is 18.1 Å². The average molecular weight is 458 g/mol. The summed E-state index contributed by atoms with van der Waals surface area (Å²) in [4.78, 5) is 32.0. The van der Waals surface area contributed by atoms with Crippen LogP contribution in [0.1, 0.15) is 0 Å². The standard InChI is InChI=1S/C21H20ClN5O3S/c22-16-7-5-15(6-8-16)18-14-31-21(24-18)26-11-9-25(10-12-26)13-20(28)23-17-3-1-2-4-19(17)27(29)30/h1-8,14H,9-13H2,(H,23,28). The van der Waals surface area contributed by atoms with Gasteiger partial charge in [0.1, 0.15) is 5.69 Å². The lowest BCUT2D eigenvalue weighted by Gasteiger charge is -2.34. The van der Waals surface area contributed by atoms with E-state index in [1.807, 2.05) is 34.5 Å². The van der Waals surface area contributed by atoms with Crippen LogP contribution < -0.4 is 10.2 Å². The molecule has 0 aliphatic carbocycles. The molecule has 8 nitrogen and oxygen atoms in total. The molecule has 1 N–H and O–H groups in total. The van der Waals surface area contributed by atoms with Gasteiger partial charge in [-0.15, -0.1) is 11.3 Å². The van der Waals surface area contributed by atoms with Crippen molar-refractivity contribution in [2.75, 3.05) is 42.9 Å². The van der Waals surface area contributed by atoms with Gasteiger partial charge in [0.25, 0.3) is 5.69 Å².